The van der Waals surface area contributed by atoms with E-state index >= 15 is 0 Å². The molecular weight excluding hydrogens is 244 g/mol. The number of aryl methyl sites for hydroxylation is 1. The Bertz CT molecular complexity index is 630. The molecule has 1 heterocycles. The number of benzene rings is 1. The van der Waals surface area contributed by atoms with Crippen LogP contribution in [0, 0.1) is 18.3 Å². The number of hydrogen-bond donors (Lipinski definition) is 1. The van der Waals surface area contributed by atoms with Crippen molar-refractivity contribution in [3.63, 3.8) is 0 Å². The zero-order chi connectivity index (χ0) is 14.3. The van der Waals surface area contributed by atoms with Gasteiger partial charge in [-0.2, -0.15) is 0 Å². The Morgan fingerprint density at radius 3 is 2.75 bits per heavy atom. The Morgan fingerprint density at radius 1 is 1.25 bits per heavy atom. The minimum atomic E-state index is 0.137. The Kier molecular flexibility index (Phi) is 3.29. The molecule has 0 radical (unpaired) electrons. The number of fused-ring (bicyclic) bond motifs is 1. The molecule has 1 aliphatic carbocycles. The van der Waals surface area contributed by atoms with Gasteiger partial charge >= 0.3 is 0 Å². The Balaban J connectivity index is 1.95. The van der Waals surface area contributed by atoms with Gasteiger partial charge in [0, 0.05) is 17.1 Å². The quantitative estimate of drug-likeness (QED) is 0.878. The molecule has 2 aromatic rings. The van der Waals surface area contributed by atoms with Crippen LogP contribution in [-0.4, -0.2) is 4.98 Å². The molecule has 0 bridgehead atoms. The van der Waals surface area contributed by atoms with Gasteiger partial charge < -0.3 is 5.73 Å². The first kappa shape index (κ1) is 13.6. The van der Waals surface area contributed by atoms with Crippen molar-refractivity contribution in [1.82, 2.24) is 4.98 Å². The van der Waals surface area contributed by atoms with E-state index in [-0.39, 0.29) is 6.04 Å². The molecule has 2 atom stereocenters. The molecule has 2 N–H and O–H groups in total. The molecule has 2 unspecified atom stereocenters. The van der Waals surface area contributed by atoms with Crippen molar-refractivity contribution in [2.24, 2.45) is 17.1 Å². The van der Waals surface area contributed by atoms with Crippen LogP contribution in [-0.2, 0) is 0 Å². The Morgan fingerprint density at radius 2 is 2.05 bits per heavy atom. The van der Waals surface area contributed by atoms with Gasteiger partial charge in [-0.1, -0.05) is 32.4 Å². The molecule has 1 fully saturated rings. The molecule has 1 aromatic carbocycles. The monoisotopic (exact) mass is 268 g/mol. The highest BCUT2D eigenvalue weighted by Gasteiger charge is 2.38. The average molecular weight is 268 g/mol. The predicted molar refractivity (Wildman–Crippen MR) is 84.5 cm³/mol. The van der Waals surface area contributed by atoms with E-state index in [1.165, 1.54) is 30.2 Å². The van der Waals surface area contributed by atoms with Crippen molar-refractivity contribution in [3.05, 3.63) is 41.6 Å². The summed E-state index contributed by atoms with van der Waals surface area (Å²) in [6.07, 6.45) is 3.84. The lowest BCUT2D eigenvalue weighted by Gasteiger charge is -2.32. The predicted octanol–water partition coefficient (Wildman–Crippen LogP) is 4.37. The number of rotatable bonds is 2. The Labute approximate surface area is 121 Å². The maximum absolute atomic E-state index is 6.58. The molecular formula is C18H24N2. The van der Waals surface area contributed by atoms with Crippen LogP contribution in [0.3, 0.4) is 0 Å². The largest absolute Gasteiger partial charge is 0.324 e. The first-order valence-corrected chi connectivity index (χ1v) is 7.60. The second-order valence-corrected chi connectivity index (χ2v) is 6.92. The topological polar surface area (TPSA) is 38.9 Å². The highest BCUT2D eigenvalue weighted by Crippen LogP contribution is 2.47. The molecule has 0 aliphatic heterocycles. The van der Waals surface area contributed by atoms with Gasteiger partial charge in [0.1, 0.15) is 0 Å². The summed E-state index contributed by atoms with van der Waals surface area (Å²) in [5, 5.41) is 1.19. The van der Waals surface area contributed by atoms with Gasteiger partial charge in [0.05, 0.1) is 5.52 Å². The fraction of sp³-hybridized carbons (Fsp3) is 0.500. The molecule has 2 heteroatoms. The number of nitrogens with zero attached hydrogens (tertiary/aromatic N) is 1. The van der Waals surface area contributed by atoms with E-state index in [4.69, 9.17) is 5.73 Å². The van der Waals surface area contributed by atoms with Crippen molar-refractivity contribution in [2.75, 3.05) is 0 Å². The summed E-state index contributed by atoms with van der Waals surface area (Å²) in [6, 6.07) is 10.8. The van der Waals surface area contributed by atoms with Crippen LogP contribution in [0.1, 0.15) is 50.4 Å². The molecule has 0 amide bonds. The lowest BCUT2D eigenvalue weighted by atomic mass is 9.76. The van der Waals surface area contributed by atoms with Crippen LogP contribution < -0.4 is 5.73 Å². The van der Waals surface area contributed by atoms with Gasteiger partial charge in [-0.3, -0.25) is 4.98 Å². The minimum absolute atomic E-state index is 0.137. The van der Waals surface area contributed by atoms with Gasteiger partial charge in [-0.05, 0) is 54.9 Å². The van der Waals surface area contributed by atoms with Gasteiger partial charge in [-0.15, -0.1) is 0 Å². The Hall–Kier alpha value is -1.41. The van der Waals surface area contributed by atoms with Gasteiger partial charge in [0.15, 0.2) is 0 Å². The fourth-order valence-electron chi connectivity index (χ4n) is 3.70. The van der Waals surface area contributed by atoms with E-state index in [1.807, 2.05) is 6.92 Å². The smallest absolute Gasteiger partial charge is 0.0705 e. The van der Waals surface area contributed by atoms with Crippen LogP contribution in [0.2, 0.25) is 0 Å². The molecule has 0 spiro atoms. The lowest BCUT2D eigenvalue weighted by molar-refractivity contribution is 0.222. The third-order valence-electron chi connectivity index (χ3n) is 5.01. The van der Waals surface area contributed by atoms with Crippen molar-refractivity contribution in [2.45, 2.75) is 46.1 Å². The summed E-state index contributed by atoms with van der Waals surface area (Å²) in [6.45, 7) is 6.74. The van der Waals surface area contributed by atoms with Crippen molar-refractivity contribution in [3.8, 4) is 0 Å². The highest BCUT2D eigenvalue weighted by molar-refractivity contribution is 5.79. The van der Waals surface area contributed by atoms with E-state index in [2.05, 4.69) is 49.2 Å². The van der Waals surface area contributed by atoms with Crippen molar-refractivity contribution < 1.29 is 0 Å². The summed E-state index contributed by atoms with van der Waals surface area (Å²) in [5.41, 5.74) is 10.3. The third-order valence-corrected chi connectivity index (χ3v) is 5.01. The minimum Gasteiger partial charge on any atom is -0.324 e. The van der Waals surface area contributed by atoms with Crippen LogP contribution >= 0.6 is 0 Å². The molecule has 3 rings (SSSR count). The van der Waals surface area contributed by atoms with Gasteiger partial charge in [0.25, 0.3) is 0 Å². The van der Waals surface area contributed by atoms with Crippen LogP contribution in [0.5, 0.6) is 0 Å². The second-order valence-electron chi connectivity index (χ2n) is 6.92. The van der Waals surface area contributed by atoms with E-state index in [0.29, 0.717) is 11.3 Å². The summed E-state index contributed by atoms with van der Waals surface area (Å²) in [4.78, 5) is 4.56. The van der Waals surface area contributed by atoms with Gasteiger partial charge in [-0.25, -0.2) is 0 Å². The number of hydrogen-bond acceptors (Lipinski definition) is 2. The van der Waals surface area contributed by atoms with Crippen molar-refractivity contribution >= 4 is 10.9 Å². The highest BCUT2D eigenvalue weighted by atomic mass is 14.7. The molecule has 1 saturated carbocycles. The third kappa shape index (κ3) is 2.33. The van der Waals surface area contributed by atoms with Crippen LogP contribution in [0.4, 0.5) is 0 Å². The molecule has 106 valence electrons. The maximum atomic E-state index is 6.58. The standard InChI is InChI=1S/C18H24N2/c1-12-6-7-13-11-14(8-9-16(13)20-12)17(19)15-5-4-10-18(15,2)3/h6-9,11,15,17H,4-5,10,19H2,1-3H3. The molecule has 0 saturated heterocycles. The normalized spacial score (nSPS) is 23.1. The van der Waals surface area contributed by atoms with E-state index in [0.717, 1.165) is 11.2 Å². The zero-order valence-corrected chi connectivity index (χ0v) is 12.7. The number of pyridine rings is 1. The van der Waals surface area contributed by atoms with E-state index in [9.17, 15) is 0 Å². The lowest BCUT2D eigenvalue weighted by Crippen LogP contribution is -2.29. The summed E-state index contributed by atoms with van der Waals surface area (Å²) in [5.74, 6) is 0.582. The summed E-state index contributed by atoms with van der Waals surface area (Å²) in [7, 11) is 0. The van der Waals surface area contributed by atoms with E-state index in [1.54, 1.807) is 0 Å². The second kappa shape index (κ2) is 4.85. The molecule has 1 aromatic heterocycles. The average Bonchev–Trinajstić information content (AvgIpc) is 2.77. The summed E-state index contributed by atoms with van der Waals surface area (Å²) >= 11 is 0. The van der Waals surface area contributed by atoms with Crippen LogP contribution in [0.25, 0.3) is 10.9 Å². The summed E-state index contributed by atoms with van der Waals surface area (Å²) < 4.78 is 0. The zero-order valence-electron chi connectivity index (χ0n) is 12.7. The van der Waals surface area contributed by atoms with Gasteiger partial charge in [0.2, 0.25) is 0 Å². The molecule has 20 heavy (non-hydrogen) atoms. The maximum Gasteiger partial charge on any atom is 0.0705 e. The van der Waals surface area contributed by atoms with E-state index < -0.39 is 0 Å². The molecule has 1 aliphatic rings. The SMILES string of the molecule is Cc1ccc2cc(C(N)C3CCCC3(C)C)ccc2n1. The molecule has 2 nitrogen and oxygen atoms in total. The van der Waals surface area contributed by atoms with Crippen LogP contribution in [0.15, 0.2) is 30.3 Å². The number of aromatic nitrogens is 1. The first-order valence-electron chi connectivity index (χ1n) is 7.60. The number of nitrogens with two attached hydrogens (primary N) is 1. The van der Waals surface area contributed by atoms with Crippen molar-refractivity contribution in [1.29, 1.82) is 0 Å². The fourth-order valence-corrected chi connectivity index (χ4v) is 3.70. The first-order chi connectivity index (χ1) is 9.47.